The average Bonchev–Trinajstić information content (AvgIpc) is 3.07. The van der Waals surface area contributed by atoms with E-state index in [0.29, 0.717) is 25.4 Å². The van der Waals surface area contributed by atoms with Crippen molar-refractivity contribution >= 4 is 17.2 Å². The predicted octanol–water partition coefficient (Wildman–Crippen LogP) is 2.81. The Kier molecular flexibility index (Phi) is 4.70. The maximum Gasteiger partial charge on any atom is 0.264 e. The zero-order chi connectivity index (χ0) is 15.4. The SMILES string of the molecule is O=C(c1cccs1)N1CCOC(COc2cccc(F)c2)C1. The maximum absolute atomic E-state index is 13.1. The summed E-state index contributed by atoms with van der Waals surface area (Å²) in [5.74, 6) is 0.149. The second kappa shape index (κ2) is 6.89. The second-order valence-corrected chi connectivity index (χ2v) is 5.94. The van der Waals surface area contributed by atoms with Crippen LogP contribution in [0.3, 0.4) is 0 Å². The topological polar surface area (TPSA) is 38.8 Å². The first kappa shape index (κ1) is 15.0. The molecule has 0 saturated carbocycles. The molecule has 2 aromatic rings. The molecular weight excluding hydrogens is 305 g/mol. The highest BCUT2D eigenvalue weighted by atomic mass is 32.1. The molecule has 1 saturated heterocycles. The van der Waals surface area contributed by atoms with Crippen LogP contribution >= 0.6 is 11.3 Å². The van der Waals surface area contributed by atoms with E-state index in [-0.39, 0.29) is 24.4 Å². The summed E-state index contributed by atoms with van der Waals surface area (Å²) in [7, 11) is 0. The van der Waals surface area contributed by atoms with Crippen molar-refractivity contribution in [3.05, 3.63) is 52.5 Å². The molecule has 0 aliphatic carbocycles. The van der Waals surface area contributed by atoms with Crippen molar-refractivity contribution in [3.63, 3.8) is 0 Å². The Hall–Kier alpha value is -1.92. The number of thiophene rings is 1. The summed E-state index contributed by atoms with van der Waals surface area (Å²) in [4.78, 5) is 14.8. The van der Waals surface area contributed by atoms with E-state index in [0.717, 1.165) is 4.88 Å². The molecule has 1 amide bonds. The van der Waals surface area contributed by atoms with Gasteiger partial charge in [-0.25, -0.2) is 4.39 Å². The van der Waals surface area contributed by atoms with Crippen LogP contribution in [0, 0.1) is 5.82 Å². The lowest BCUT2D eigenvalue weighted by Gasteiger charge is -2.32. The number of carbonyl (C=O) groups excluding carboxylic acids is 1. The van der Waals surface area contributed by atoms with Gasteiger partial charge in [0.25, 0.3) is 5.91 Å². The molecule has 1 atom stereocenters. The second-order valence-electron chi connectivity index (χ2n) is 4.99. The van der Waals surface area contributed by atoms with E-state index in [9.17, 15) is 9.18 Å². The van der Waals surface area contributed by atoms with Crippen LogP contribution in [0.15, 0.2) is 41.8 Å². The Morgan fingerprint density at radius 1 is 1.41 bits per heavy atom. The minimum atomic E-state index is -0.337. The predicted molar refractivity (Wildman–Crippen MR) is 81.9 cm³/mol. The fourth-order valence-electron chi connectivity index (χ4n) is 2.31. The smallest absolute Gasteiger partial charge is 0.264 e. The van der Waals surface area contributed by atoms with Crippen LogP contribution < -0.4 is 4.74 Å². The lowest BCUT2D eigenvalue weighted by molar-refractivity contribution is -0.0400. The Labute approximate surface area is 132 Å². The van der Waals surface area contributed by atoms with Crippen LogP contribution in [0.4, 0.5) is 4.39 Å². The van der Waals surface area contributed by atoms with Gasteiger partial charge in [-0.05, 0) is 23.6 Å². The third-order valence-electron chi connectivity index (χ3n) is 3.39. The Morgan fingerprint density at radius 3 is 3.09 bits per heavy atom. The fraction of sp³-hybridized carbons (Fsp3) is 0.312. The summed E-state index contributed by atoms with van der Waals surface area (Å²) in [6.07, 6.45) is -0.207. The fourth-order valence-corrected chi connectivity index (χ4v) is 3.00. The average molecular weight is 321 g/mol. The van der Waals surface area contributed by atoms with E-state index in [1.54, 1.807) is 17.0 Å². The molecule has 0 bridgehead atoms. The highest BCUT2D eigenvalue weighted by Gasteiger charge is 2.26. The summed E-state index contributed by atoms with van der Waals surface area (Å²) in [6, 6.07) is 9.67. The number of amides is 1. The van der Waals surface area contributed by atoms with Gasteiger partial charge in [0.05, 0.1) is 18.0 Å². The van der Waals surface area contributed by atoms with Gasteiger partial charge in [0, 0.05) is 12.6 Å². The molecule has 2 heterocycles. The van der Waals surface area contributed by atoms with E-state index in [1.165, 1.54) is 23.5 Å². The number of hydrogen-bond acceptors (Lipinski definition) is 4. The zero-order valence-electron chi connectivity index (χ0n) is 11.9. The highest BCUT2D eigenvalue weighted by molar-refractivity contribution is 7.12. The zero-order valence-corrected chi connectivity index (χ0v) is 12.7. The lowest BCUT2D eigenvalue weighted by Crippen LogP contribution is -2.47. The van der Waals surface area contributed by atoms with Crippen molar-refractivity contribution in [2.24, 2.45) is 0 Å². The molecule has 1 aromatic carbocycles. The van der Waals surface area contributed by atoms with E-state index >= 15 is 0 Å². The Bertz CT molecular complexity index is 632. The third-order valence-corrected chi connectivity index (χ3v) is 4.25. The number of ether oxygens (including phenoxy) is 2. The van der Waals surface area contributed by atoms with Crippen LogP contribution in [0.1, 0.15) is 9.67 Å². The summed E-state index contributed by atoms with van der Waals surface area (Å²) in [5, 5.41) is 1.89. The number of rotatable bonds is 4. The Balaban J connectivity index is 1.55. The van der Waals surface area contributed by atoms with Gasteiger partial charge in [-0.2, -0.15) is 0 Å². The van der Waals surface area contributed by atoms with Crippen molar-refractivity contribution < 1.29 is 18.7 Å². The largest absolute Gasteiger partial charge is 0.491 e. The first-order valence-electron chi connectivity index (χ1n) is 7.05. The molecular formula is C16H16FNO3S. The van der Waals surface area contributed by atoms with Gasteiger partial charge in [0.15, 0.2) is 0 Å². The van der Waals surface area contributed by atoms with Crippen LogP contribution in [0.5, 0.6) is 5.75 Å². The first-order chi connectivity index (χ1) is 10.7. The van der Waals surface area contributed by atoms with Crippen LogP contribution in [0.2, 0.25) is 0 Å². The van der Waals surface area contributed by atoms with Crippen LogP contribution in [-0.4, -0.2) is 43.2 Å². The van der Waals surface area contributed by atoms with Crippen molar-refractivity contribution in [1.29, 1.82) is 0 Å². The van der Waals surface area contributed by atoms with Gasteiger partial charge in [0.1, 0.15) is 24.3 Å². The summed E-state index contributed by atoms with van der Waals surface area (Å²) >= 11 is 1.43. The van der Waals surface area contributed by atoms with Gasteiger partial charge in [0.2, 0.25) is 0 Å². The molecule has 1 aliphatic rings. The molecule has 4 nitrogen and oxygen atoms in total. The minimum Gasteiger partial charge on any atom is -0.491 e. The number of hydrogen-bond donors (Lipinski definition) is 0. The molecule has 1 aliphatic heterocycles. The molecule has 22 heavy (non-hydrogen) atoms. The van der Waals surface area contributed by atoms with Crippen molar-refractivity contribution in [1.82, 2.24) is 4.90 Å². The van der Waals surface area contributed by atoms with Gasteiger partial charge in [-0.1, -0.05) is 12.1 Å². The molecule has 116 valence electrons. The van der Waals surface area contributed by atoms with Gasteiger partial charge >= 0.3 is 0 Å². The molecule has 1 fully saturated rings. The van der Waals surface area contributed by atoms with E-state index in [1.807, 2.05) is 17.5 Å². The number of morpholine rings is 1. The van der Waals surface area contributed by atoms with Gasteiger partial charge < -0.3 is 14.4 Å². The molecule has 3 rings (SSSR count). The number of benzene rings is 1. The summed E-state index contributed by atoms with van der Waals surface area (Å²) < 4.78 is 24.3. The molecule has 0 N–H and O–H groups in total. The monoisotopic (exact) mass is 321 g/mol. The minimum absolute atomic E-state index is 0.0223. The number of halogens is 1. The summed E-state index contributed by atoms with van der Waals surface area (Å²) in [6.45, 7) is 1.82. The highest BCUT2D eigenvalue weighted by Crippen LogP contribution is 2.17. The molecule has 6 heteroatoms. The standard InChI is InChI=1S/C16H16FNO3S/c17-12-3-1-4-13(9-12)21-11-14-10-18(6-7-20-14)16(19)15-5-2-8-22-15/h1-5,8-9,14H,6-7,10-11H2. The van der Waals surface area contributed by atoms with Gasteiger partial charge in [-0.3, -0.25) is 4.79 Å². The quantitative estimate of drug-likeness (QED) is 0.869. The maximum atomic E-state index is 13.1. The van der Waals surface area contributed by atoms with E-state index < -0.39 is 0 Å². The lowest BCUT2D eigenvalue weighted by atomic mass is 10.2. The molecule has 0 radical (unpaired) electrons. The number of nitrogens with zero attached hydrogens (tertiary/aromatic N) is 1. The van der Waals surface area contributed by atoms with Crippen LogP contribution in [0.25, 0.3) is 0 Å². The molecule has 0 spiro atoms. The van der Waals surface area contributed by atoms with Crippen molar-refractivity contribution in [2.75, 3.05) is 26.3 Å². The van der Waals surface area contributed by atoms with Crippen molar-refractivity contribution in [3.8, 4) is 5.75 Å². The van der Waals surface area contributed by atoms with Crippen molar-refractivity contribution in [2.45, 2.75) is 6.10 Å². The molecule has 1 aromatic heterocycles. The van der Waals surface area contributed by atoms with Gasteiger partial charge in [-0.15, -0.1) is 11.3 Å². The van der Waals surface area contributed by atoms with E-state index in [4.69, 9.17) is 9.47 Å². The molecule has 1 unspecified atom stereocenters. The number of carbonyl (C=O) groups is 1. The third kappa shape index (κ3) is 3.64. The van der Waals surface area contributed by atoms with Crippen LogP contribution in [-0.2, 0) is 4.74 Å². The van der Waals surface area contributed by atoms with E-state index in [2.05, 4.69) is 0 Å². The normalized spacial score (nSPS) is 18.2. The first-order valence-corrected chi connectivity index (χ1v) is 7.93. The Morgan fingerprint density at radius 2 is 2.32 bits per heavy atom. The summed E-state index contributed by atoms with van der Waals surface area (Å²) in [5.41, 5.74) is 0.